The molecule has 21 heavy (non-hydrogen) atoms. The van der Waals surface area contributed by atoms with Gasteiger partial charge in [0.05, 0.1) is 12.6 Å². The molecule has 116 valence electrons. The zero-order valence-corrected chi connectivity index (χ0v) is 13.1. The van der Waals surface area contributed by atoms with Crippen LogP contribution in [-0.2, 0) is 0 Å². The number of guanidine groups is 1. The van der Waals surface area contributed by atoms with Crippen LogP contribution < -0.4 is 10.6 Å². The van der Waals surface area contributed by atoms with Gasteiger partial charge in [0.15, 0.2) is 5.96 Å². The summed E-state index contributed by atoms with van der Waals surface area (Å²) < 4.78 is 13.0. The molecule has 0 fully saturated rings. The highest BCUT2D eigenvalue weighted by molar-refractivity contribution is 5.79. The second kappa shape index (κ2) is 9.13. The molecule has 2 N–H and O–H groups in total. The molecule has 0 heterocycles. The van der Waals surface area contributed by atoms with Crippen molar-refractivity contribution in [2.45, 2.75) is 13.0 Å². The third kappa shape index (κ3) is 5.95. The lowest BCUT2D eigenvalue weighted by Crippen LogP contribution is -2.38. The van der Waals surface area contributed by atoms with E-state index >= 15 is 0 Å². The molecule has 1 aromatic rings. The van der Waals surface area contributed by atoms with Crippen molar-refractivity contribution in [1.82, 2.24) is 15.5 Å². The van der Waals surface area contributed by atoms with Gasteiger partial charge in [-0.2, -0.15) is 0 Å². The highest BCUT2D eigenvalue weighted by atomic mass is 19.1. The predicted octanol–water partition coefficient (Wildman–Crippen LogP) is 2.17. The molecule has 0 aliphatic carbocycles. The largest absolute Gasteiger partial charge is 0.357 e. The summed E-state index contributed by atoms with van der Waals surface area (Å²) >= 11 is 0. The van der Waals surface area contributed by atoms with E-state index in [0.29, 0.717) is 13.1 Å². The van der Waals surface area contributed by atoms with Crippen LogP contribution in [0.1, 0.15) is 18.5 Å². The van der Waals surface area contributed by atoms with Gasteiger partial charge in [-0.1, -0.05) is 18.2 Å². The molecule has 0 aliphatic heterocycles. The second-order valence-corrected chi connectivity index (χ2v) is 4.92. The highest BCUT2D eigenvalue weighted by Gasteiger charge is 2.14. The molecule has 1 aromatic carbocycles. The number of halogens is 1. The molecule has 4 nitrogen and oxygen atoms in total. The molecule has 0 aromatic heterocycles. The Bertz CT molecular complexity index is 454. The summed E-state index contributed by atoms with van der Waals surface area (Å²) in [7, 11) is 3.99. The van der Waals surface area contributed by atoms with Crippen LogP contribution in [0, 0.1) is 5.82 Å². The van der Waals surface area contributed by atoms with Crippen molar-refractivity contribution in [3.05, 3.63) is 48.3 Å². The lowest BCUT2D eigenvalue weighted by atomic mass is 10.1. The van der Waals surface area contributed by atoms with E-state index in [9.17, 15) is 4.39 Å². The number of nitrogens with zero attached hydrogens (tertiary/aromatic N) is 2. The summed E-state index contributed by atoms with van der Waals surface area (Å²) in [5.74, 6) is 0.534. The number of hydrogen-bond donors (Lipinski definition) is 2. The van der Waals surface area contributed by atoms with Gasteiger partial charge < -0.3 is 15.5 Å². The van der Waals surface area contributed by atoms with E-state index in [1.165, 1.54) is 12.1 Å². The Labute approximate surface area is 126 Å². The summed E-state index contributed by atoms with van der Waals surface area (Å²) in [6.07, 6.45) is 1.79. The summed E-state index contributed by atoms with van der Waals surface area (Å²) in [5.41, 5.74) is 1.05. The second-order valence-electron chi connectivity index (χ2n) is 4.92. The first-order valence-electron chi connectivity index (χ1n) is 7.13. The fourth-order valence-corrected chi connectivity index (χ4v) is 1.94. The fourth-order valence-electron chi connectivity index (χ4n) is 1.94. The predicted molar refractivity (Wildman–Crippen MR) is 87.0 cm³/mol. The molecule has 1 atom stereocenters. The standard InChI is InChI=1S/C16H25FN4/c1-5-11-19-16(18-6-2)20-12-15(21(3)4)13-7-9-14(17)10-8-13/h5,7-10,15H,1,6,11-12H2,2-4H3,(H2,18,19,20). The van der Waals surface area contributed by atoms with Crippen LogP contribution in [0.3, 0.4) is 0 Å². The number of rotatable bonds is 7. The van der Waals surface area contributed by atoms with Crippen LogP contribution in [0.4, 0.5) is 4.39 Å². The summed E-state index contributed by atoms with van der Waals surface area (Å²) in [6, 6.07) is 6.68. The maximum absolute atomic E-state index is 13.0. The van der Waals surface area contributed by atoms with Gasteiger partial charge in [-0.25, -0.2) is 4.39 Å². The molecule has 0 aliphatic rings. The molecular weight excluding hydrogens is 267 g/mol. The number of aliphatic imine (C=N–C) groups is 1. The Hall–Kier alpha value is -1.88. The Morgan fingerprint density at radius 3 is 2.52 bits per heavy atom. The van der Waals surface area contributed by atoms with E-state index in [-0.39, 0.29) is 11.9 Å². The van der Waals surface area contributed by atoms with Crippen molar-refractivity contribution >= 4 is 5.96 Å². The average Bonchev–Trinajstić information content (AvgIpc) is 2.46. The minimum Gasteiger partial charge on any atom is -0.357 e. The van der Waals surface area contributed by atoms with Crippen LogP contribution in [0.15, 0.2) is 41.9 Å². The van der Waals surface area contributed by atoms with E-state index < -0.39 is 0 Å². The number of nitrogens with one attached hydrogen (secondary N) is 2. The van der Waals surface area contributed by atoms with Crippen LogP contribution in [0.25, 0.3) is 0 Å². The number of likely N-dealkylation sites (N-methyl/N-ethyl adjacent to an activating group) is 1. The monoisotopic (exact) mass is 292 g/mol. The molecule has 0 bridgehead atoms. The Balaban J connectivity index is 2.81. The molecule has 0 saturated heterocycles. The first-order valence-corrected chi connectivity index (χ1v) is 7.13. The van der Waals surface area contributed by atoms with E-state index in [2.05, 4.69) is 27.1 Å². The van der Waals surface area contributed by atoms with Gasteiger partial charge >= 0.3 is 0 Å². The maximum atomic E-state index is 13.0. The van der Waals surface area contributed by atoms with Crippen molar-refractivity contribution in [3.8, 4) is 0 Å². The smallest absolute Gasteiger partial charge is 0.191 e. The van der Waals surface area contributed by atoms with E-state index in [0.717, 1.165) is 18.1 Å². The maximum Gasteiger partial charge on any atom is 0.191 e. The first kappa shape index (κ1) is 17.2. The van der Waals surface area contributed by atoms with Crippen molar-refractivity contribution in [2.24, 2.45) is 4.99 Å². The van der Waals surface area contributed by atoms with Crippen molar-refractivity contribution in [3.63, 3.8) is 0 Å². The average molecular weight is 292 g/mol. The molecular formula is C16H25FN4. The van der Waals surface area contributed by atoms with Crippen LogP contribution in [0.5, 0.6) is 0 Å². The third-order valence-electron chi connectivity index (χ3n) is 3.06. The third-order valence-corrected chi connectivity index (χ3v) is 3.06. The number of hydrogen-bond acceptors (Lipinski definition) is 2. The SMILES string of the molecule is C=CCNC(=NCC(c1ccc(F)cc1)N(C)C)NCC. The Morgan fingerprint density at radius 2 is 2.00 bits per heavy atom. The van der Waals surface area contributed by atoms with Gasteiger partial charge in [-0.3, -0.25) is 4.99 Å². The van der Waals surface area contributed by atoms with Crippen molar-refractivity contribution in [2.75, 3.05) is 33.7 Å². The topological polar surface area (TPSA) is 39.7 Å². The van der Waals surface area contributed by atoms with Crippen molar-refractivity contribution in [1.29, 1.82) is 0 Å². The Morgan fingerprint density at radius 1 is 1.33 bits per heavy atom. The molecule has 1 unspecified atom stereocenters. The van der Waals surface area contributed by atoms with E-state index in [4.69, 9.17) is 0 Å². The zero-order chi connectivity index (χ0) is 15.7. The lowest BCUT2D eigenvalue weighted by Gasteiger charge is -2.23. The molecule has 0 saturated carbocycles. The quantitative estimate of drug-likeness (QED) is 0.460. The molecule has 0 radical (unpaired) electrons. The summed E-state index contributed by atoms with van der Waals surface area (Å²) in [4.78, 5) is 6.66. The molecule has 0 spiro atoms. The van der Waals surface area contributed by atoms with Crippen LogP contribution >= 0.6 is 0 Å². The molecule has 0 amide bonds. The summed E-state index contributed by atoms with van der Waals surface area (Å²) in [5, 5.41) is 6.35. The normalized spacial score (nSPS) is 13.1. The molecule has 5 heteroatoms. The Kier molecular flexibility index (Phi) is 7.46. The van der Waals surface area contributed by atoms with Gasteiger partial charge in [0.25, 0.3) is 0 Å². The minimum atomic E-state index is -0.222. The van der Waals surface area contributed by atoms with E-state index in [1.807, 2.05) is 21.0 Å². The molecule has 1 rings (SSSR count). The van der Waals surface area contributed by atoms with Gasteiger partial charge in [-0.15, -0.1) is 6.58 Å². The van der Waals surface area contributed by atoms with E-state index in [1.54, 1.807) is 18.2 Å². The van der Waals surface area contributed by atoms with Gasteiger partial charge in [0.2, 0.25) is 0 Å². The summed E-state index contributed by atoms with van der Waals surface area (Å²) in [6.45, 7) is 7.75. The van der Waals surface area contributed by atoms with Crippen molar-refractivity contribution < 1.29 is 4.39 Å². The highest BCUT2D eigenvalue weighted by Crippen LogP contribution is 2.18. The lowest BCUT2D eigenvalue weighted by molar-refractivity contribution is 0.306. The van der Waals surface area contributed by atoms with Crippen LogP contribution in [-0.4, -0.2) is 44.6 Å². The fraction of sp³-hybridized carbons (Fsp3) is 0.438. The van der Waals surface area contributed by atoms with Gasteiger partial charge in [-0.05, 0) is 38.7 Å². The minimum absolute atomic E-state index is 0.102. The zero-order valence-electron chi connectivity index (χ0n) is 13.1. The first-order chi connectivity index (χ1) is 10.1. The van der Waals surface area contributed by atoms with Gasteiger partial charge in [0.1, 0.15) is 5.82 Å². The van der Waals surface area contributed by atoms with Crippen LogP contribution in [0.2, 0.25) is 0 Å². The number of benzene rings is 1. The van der Waals surface area contributed by atoms with Gasteiger partial charge in [0, 0.05) is 13.1 Å².